The molecule has 2 N–H and O–H groups in total. The minimum atomic E-state index is -0.763. The first kappa shape index (κ1) is 12.7. The van der Waals surface area contributed by atoms with Crippen LogP contribution in [0.15, 0.2) is 30.3 Å². The molecule has 0 bridgehead atoms. The Morgan fingerprint density at radius 1 is 1.38 bits per heavy atom. The van der Waals surface area contributed by atoms with Gasteiger partial charge in [-0.2, -0.15) is 0 Å². The van der Waals surface area contributed by atoms with Crippen LogP contribution in [-0.2, 0) is 4.79 Å². The average molecular weight is 221 g/mol. The maximum absolute atomic E-state index is 10.8. The van der Waals surface area contributed by atoms with E-state index in [1.54, 1.807) is 0 Å². The molecule has 0 radical (unpaired) electrons. The number of rotatable bonds is 5. The minimum Gasteiger partial charge on any atom is -0.481 e. The Labute approximate surface area is 96.5 Å². The van der Waals surface area contributed by atoms with Gasteiger partial charge in [-0.05, 0) is 18.0 Å². The molecule has 0 fully saturated rings. The molecule has 0 heterocycles. The second kappa shape index (κ2) is 5.12. The summed E-state index contributed by atoms with van der Waals surface area (Å²) in [5, 5.41) is 12.1. The molecule has 1 aromatic rings. The predicted molar refractivity (Wildman–Crippen MR) is 64.3 cm³/mol. The summed E-state index contributed by atoms with van der Waals surface area (Å²) in [6.07, 6.45) is 0.146. The summed E-state index contributed by atoms with van der Waals surface area (Å²) < 4.78 is 0. The van der Waals surface area contributed by atoms with Crippen molar-refractivity contribution in [2.24, 2.45) is 5.41 Å². The van der Waals surface area contributed by atoms with Gasteiger partial charge in [0.15, 0.2) is 0 Å². The molecule has 0 aliphatic heterocycles. The first-order valence-electron chi connectivity index (χ1n) is 5.41. The molecule has 3 nitrogen and oxygen atoms in total. The molecule has 16 heavy (non-hydrogen) atoms. The highest BCUT2D eigenvalue weighted by atomic mass is 16.4. The summed E-state index contributed by atoms with van der Waals surface area (Å²) >= 11 is 0. The molecule has 1 atom stereocenters. The maximum atomic E-state index is 10.8. The zero-order valence-corrected chi connectivity index (χ0v) is 10.0. The van der Waals surface area contributed by atoms with Crippen LogP contribution in [0.25, 0.3) is 0 Å². The lowest BCUT2D eigenvalue weighted by molar-refractivity contribution is -0.139. The number of carboxylic acids is 1. The van der Waals surface area contributed by atoms with Crippen molar-refractivity contribution in [3.8, 4) is 0 Å². The van der Waals surface area contributed by atoms with E-state index in [4.69, 9.17) is 5.11 Å². The van der Waals surface area contributed by atoms with Crippen LogP contribution in [0.5, 0.6) is 0 Å². The van der Waals surface area contributed by atoms with Gasteiger partial charge in [0.2, 0.25) is 0 Å². The summed E-state index contributed by atoms with van der Waals surface area (Å²) in [6, 6.07) is 9.98. The van der Waals surface area contributed by atoms with Crippen molar-refractivity contribution in [2.75, 3.05) is 7.05 Å². The van der Waals surface area contributed by atoms with Gasteiger partial charge in [0, 0.05) is 6.04 Å². The Kier molecular flexibility index (Phi) is 4.07. The number of hydrogen-bond acceptors (Lipinski definition) is 2. The zero-order chi connectivity index (χ0) is 12.2. The van der Waals surface area contributed by atoms with E-state index < -0.39 is 5.97 Å². The van der Waals surface area contributed by atoms with Crippen molar-refractivity contribution in [1.82, 2.24) is 5.32 Å². The number of nitrogens with one attached hydrogen (secondary N) is 1. The fourth-order valence-corrected chi connectivity index (χ4v) is 2.15. The van der Waals surface area contributed by atoms with Crippen molar-refractivity contribution in [3.05, 3.63) is 35.9 Å². The van der Waals surface area contributed by atoms with E-state index in [0.717, 1.165) is 5.56 Å². The monoisotopic (exact) mass is 221 g/mol. The predicted octanol–water partition coefficient (Wildman–Crippen LogP) is 2.45. The summed E-state index contributed by atoms with van der Waals surface area (Å²) in [6.45, 7) is 3.94. The lowest BCUT2D eigenvalue weighted by atomic mass is 9.78. The molecule has 0 aliphatic carbocycles. The van der Waals surface area contributed by atoms with Crippen LogP contribution in [-0.4, -0.2) is 18.1 Å². The maximum Gasteiger partial charge on any atom is 0.303 e. The highest BCUT2D eigenvalue weighted by molar-refractivity contribution is 5.67. The third-order valence-corrected chi connectivity index (χ3v) is 2.81. The van der Waals surface area contributed by atoms with Gasteiger partial charge >= 0.3 is 5.97 Å². The van der Waals surface area contributed by atoms with Crippen molar-refractivity contribution < 1.29 is 9.90 Å². The van der Waals surface area contributed by atoms with Crippen molar-refractivity contribution in [3.63, 3.8) is 0 Å². The molecule has 1 unspecified atom stereocenters. The van der Waals surface area contributed by atoms with Crippen molar-refractivity contribution in [2.45, 2.75) is 26.3 Å². The third-order valence-electron chi connectivity index (χ3n) is 2.81. The van der Waals surface area contributed by atoms with Gasteiger partial charge in [0.25, 0.3) is 0 Å². The fourth-order valence-electron chi connectivity index (χ4n) is 2.15. The first-order chi connectivity index (χ1) is 7.47. The van der Waals surface area contributed by atoms with Gasteiger partial charge in [-0.1, -0.05) is 44.2 Å². The van der Waals surface area contributed by atoms with Gasteiger partial charge in [-0.25, -0.2) is 0 Å². The normalized spacial score (nSPS) is 13.4. The van der Waals surface area contributed by atoms with Gasteiger partial charge in [-0.3, -0.25) is 4.79 Å². The molecule has 0 saturated carbocycles. The molecule has 88 valence electrons. The molecular weight excluding hydrogens is 202 g/mol. The van der Waals surface area contributed by atoms with E-state index in [-0.39, 0.29) is 17.9 Å². The second-order valence-corrected chi connectivity index (χ2v) is 4.69. The van der Waals surface area contributed by atoms with Crippen LogP contribution in [0.1, 0.15) is 31.9 Å². The molecule has 0 aromatic heterocycles. The third kappa shape index (κ3) is 3.07. The van der Waals surface area contributed by atoms with Crippen LogP contribution in [0.2, 0.25) is 0 Å². The number of aliphatic carboxylic acids is 1. The average Bonchev–Trinajstić information content (AvgIpc) is 2.17. The Morgan fingerprint density at radius 3 is 2.38 bits per heavy atom. The highest BCUT2D eigenvalue weighted by Gasteiger charge is 2.31. The second-order valence-electron chi connectivity index (χ2n) is 4.69. The smallest absolute Gasteiger partial charge is 0.303 e. The van der Waals surface area contributed by atoms with Crippen LogP contribution in [0, 0.1) is 5.41 Å². The molecule has 0 spiro atoms. The Hall–Kier alpha value is -1.35. The molecule has 0 saturated heterocycles. The zero-order valence-electron chi connectivity index (χ0n) is 10.0. The van der Waals surface area contributed by atoms with E-state index in [0.29, 0.717) is 0 Å². The molecule has 1 aromatic carbocycles. The van der Waals surface area contributed by atoms with Gasteiger partial charge in [0.05, 0.1) is 6.42 Å². The van der Waals surface area contributed by atoms with Gasteiger partial charge in [-0.15, -0.1) is 0 Å². The quantitative estimate of drug-likeness (QED) is 0.803. The van der Waals surface area contributed by atoms with Crippen LogP contribution < -0.4 is 5.32 Å². The van der Waals surface area contributed by atoms with E-state index in [1.807, 2.05) is 51.2 Å². The highest BCUT2D eigenvalue weighted by Crippen LogP contribution is 2.35. The molecule has 0 aliphatic rings. The van der Waals surface area contributed by atoms with E-state index in [9.17, 15) is 4.79 Å². The van der Waals surface area contributed by atoms with Gasteiger partial charge < -0.3 is 10.4 Å². The fraction of sp³-hybridized carbons (Fsp3) is 0.462. The number of carboxylic acid groups (broad SMARTS) is 1. The van der Waals surface area contributed by atoms with E-state index >= 15 is 0 Å². The minimum absolute atomic E-state index is 0.0461. The Balaban J connectivity index is 2.94. The molecule has 1 rings (SSSR count). The largest absolute Gasteiger partial charge is 0.481 e. The summed E-state index contributed by atoms with van der Waals surface area (Å²) in [5.74, 6) is -0.763. The summed E-state index contributed by atoms with van der Waals surface area (Å²) in [7, 11) is 1.86. The number of benzene rings is 1. The topological polar surface area (TPSA) is 49.3 Å². The summed E-state index contributed by atoms with van der Waals surface area (Å²) in [5.41, 5.74) is 0.804. The van der Waals surface area contributed by atoms with Gasteiger partial charge in [0.1, 0.15) is 0 Å². The van der Waals surface area contributed by atoms with E-state index in [1.165, 1.54) is 0 Å². The summed E-state index contributed by atoms with van der Waals surface area (Å²) in [4.78, 5) is 10.8. The number of carbonyl (C=O) groups is 1. The van der Waals surface area contributed by atoms with Crippen molar-refractivity contribution in [1.29, 1.82) is 0 Å². The lowest BCUT2D eigenvalue weighted by Gasteiger charge is -2.33. The standard InChI is InChI=1S/C13H19NO2/c1-13(2,9-11(15)16)12(14-3)10-7-5-4-6-8-10/h4-8,12,14H,9H2,1-3H3,(H,15,16). The lowest BCUT2D eigenvalue weighted by Crippen LogP contribution is -2.33. The van der Waals surface area contributed by atoms with Crippen LogP contribution >= 0.6 is 0 Å². The SMILES string of the molecule is CNC(c1ccccc1)C(C)(C)CC(=O)O. The van der Waals surface area contributed by atoms with E-state index in [2.05, 4.69) is 5.32 Å². The van der Waals surface area contributed by atoms with Crippen LogP contribution in [0.3, 0.4) is 0 Å². The first-order valence-corrected chi connectivity index (χ1v) is 5.41. The molecule has 3 heteroatoms. The number of hydrogen-bond donors (Lipinski definition) is 2. The van der Waals surface area contributed by atoms with Crippen molar-refractivity contribution >= 4 is 5.97 Å². The molecular formula is C13H19NO2. The Bertz CT molecular complexity index is 346. The Morgan fingerprint density at radius 2 is 1.94 bits per heavy atom. The van der Waals surface area contributed by atoms with Crippen LogP contribution in [0.4, 0.5) is 0 Å². The molecule has 0 amide bonds.